The predicted octanol–water partition coefficient (Wildman–Crippen LogP) is 10.7. The van der Waals surface area contributed by atoms with E-state index in [0.29, 0.717) is 0 Å². The Morgan fingerprint density at radius 2 is 1.13 bits per heavy atom. The Kier molecular flexibility index (Phi) is 10.2. The molecular formula is C29H40ClI. The van der Waals surface area contributed by atoms with E-state index in [1.807, 2.05) is 0 Å². The molecule has 0 nitrogen and oxygen atoms in total. The van der Waals surface area contributed by atoms with Crippen molar-refractivity contribution < 1.29 is 0 Å². The monoisotopic (exact) mass is 550 g/mol. The van der Waals surface area contributed by atoms with E-state index < -0.39 is 0 Å². The first-order valence-corrected chi connectivity index (χ1v) is 14.2. The molecular weight excluding hydrogens is 511 g/mol. The summed E-state index contributed by atoms with van der Waals surface area (Å²) in [6.45, 7) is 4.60. The Morgan fingerprint density at radius 3 is 1.71 bits per heavy atom. The topological polar surface area (TPSA) is 0 Å². The fraction of sp³-hybridized carbons (Fsp3) is 0.586. The van der Waals surface area contributed by atoms with E-state index in [0.717, 1.165) is 5.02 Å². The zero-order chi connectivity index (χ0) is 22.1. The number of rotatable bonds is 14. The molecule has 2 aromatic rings. The van der Waals surface area contributed by atoms with Gasteiger partial charge in [0.05, 0.1) is 0 Å². The lowest BCUT2D eigenvalue weighted by Gasteiger charge is -2.33. The SMILES string of the molecule is CCCCCCCCC1(CCCCCCCC)c2cc(Cl)ccc2-c2ccc(I)cc21. The van der Waals surface area contributed by atoms with Crippen LogP contribution in [0.1, 0.15) is 115 Å². The van der Waals surface area contributed by atoms with Crippen LogP contribution in [0.5, 0.6) is 0 Å². The molecule has 2 heteroatoms. The molecule has 0 atom stereocenters. The molecule has 0 radical (unpaired) electrons. The van der Waals surface area contributed by atoms with Crippen LogP contribution >= 0.6 is 34.2 Å². The smallest absolute Gasteiger partial charge is 0.0409 e. The summed E-state index contributed by atoms with van der Waals surface area (Å²) in [4.78, 5) is 0. The minimum Gasteiger partial charge on any atom is -0.0843 e. The van der Waals surface area contributed by atoms with Gasteiger partial charge in [-0.05, 0) is 82.0 Å². The molecule has 1 aliphatic rings. The van der Waals surface area contributed by atoms with Crippen molar-refractivity contribution in [1.29, 1.82) is 0 Å². The summed E-state index contributed by atoms with van der Waals surface area (Å²) in [6.07, 6.45) is 18.8. The van der Waals surface area contributed by atoms with Gasteiger partial charge in [-0.25, -0.2) is 0 Å². The average Bonchev–Trinajstić information content (AvgIpc) is 3.02. The van der Waals surface area contributed by atoms with Crippen molar-refractivity contribution in [2.45, 2.75) is 109 Å². The summed E-state index contributed by atoms with van der Waals surface area (Å²) >= 11 is 9.05. The normalized spacial score (nSPS) is 13.9. The molecule has 0 saturated carbocycles. The highest BCUT2D eigenvalue weighted by Gasteiger charge is 2.42. The van der Waals surface area contributed by atoms with E-state index in [-0.39, 0.29) is 5.41 Å². The second-order valence-corrected chi connectivity index (χ2v) is 11.2. The molecule has 2 aromatic carbocycles. The third-order valence-corrected chi connectivity index (χ3v) is 8.10. The van der Waals surface area contributed by atoms with E-state index >= 15 is 0 Å². The summed E-state index contributed by atoms with van der Waals surface area (Å²) in [5.74, 6) is 0. The maximum atomic E-state index is 6.56. The van der Waals surface area contributed by atoms with Crippen LogP contribution in [0.25, 0.3) is 11.1 Å². The van der Waals surface area contributed by atoms with Crippen LogP contribution in [0.3, 0.4) is 0 Å². The Hall–Kier alpha value is -0.540. The van der Waals surface area contributed by atoms with Crippen molar-refractivity contribution in [3.8, 4) is 11.1 Å². The second kappa shape index (κ2) is 12.6. The highest BCUT2D eigenvalue weighted by Crippen LogP contribution is 2.55. The lowest BCUT2D eigenvalue weighted by Crippen LogP contribution is -2.25. The van der Waals surface area contributed by atoms with Crippen LogP contribution in [0.2, 0.25) is 5.02 Å². The number of benzene rings is 2. The van der Waals surface area contributed by atoms with Crippen LogP contribution in [0.4, 0.5) is 0 Å². The number of hydrogen-bond donors (Lipinski definition) is 0. The largest absolute Gasteiger partial charge is 0.0843 e. The Balaban J connectivity index is 1.85. The van der Waals surface area contributed by atoms with Gasteiger partial charge in [0, 0.05) is 14.0 Å². The molecule has 0 saturated heterocycles. The van der Waals surface area contributed by atoms with Crippen molar-refractivity contribution in [3.05, 3.63) is 56.1 Å². The zero-order valence-corrected chi connectivity index (χ0v) is 22.5. The van der Waals surface area contributed by atoms with Gasteiger partial charge in [0.25, 0.3) is 0 Å². The third-order valence-electron chi connectivity index (χ3n) is 7.20. The summed E-state index contributed by atoms with van der Waals surface area (Å²) < 4.78 is 1.35. The molecule has 0 spiro atoms. The second-order valence-electron chi connectivity index (χ2n) is 9.50. The number of fused-ring (bicyclic) bond motifs is 3. The van der Waals surface area contributed by atoms with Gasteiger partial charge in [0.15, 0.2) is 0 Å². The lowest BCUT2D eigenvalue weighted by molar-refractivity contribution is 0.397. The number of unbranched alkanes of at least 4 members (excludes halogenated alkanes) is 10. The number of halogens is 2. The van der Waals surface area contributed by atoms with Crippen molar-refractivity contribution in [1.82, 2.24) is 0 Å². The fourth-order valence-electron chi connectivity index (χ4n) is 5.52. The first-order chi connectivity index (χ1) is 15.1. The quantitative estimate of drug-likeness (QED) is 0.162. The average molecular weight is 551 g/mol. The summed E-state index contributed by atoms with van der Waals surface area (Å²) in [7, 11) is 0. The highest BCUT2D eigenvalue weighted by molar-refractivity contribution is 14.1. The van der Waals surface area contributed by atoms with Gasteiger partial charge in [-0.3, -0.25) is 0 Å². The van der Waals surface area contributed by atoms with Crippen molar-refractivity contribution in [2.24, 2.45) is 0 Å². The van der Waals surface area contributed by atoms with E-state index in [2.05, 4.69) is 72.8 Å². The van der Waals surface area contributed by atoms with Crippen LogP contribution in [0.15, 0.2) is 36.4 Å². The molecule has 0 unspecified atom stereocenters. The number of hydrogen-bond acceptors (Lipinski definition) is 0. The molecule has 0 amide bonds. The molecule has 1 aliphatic carbocycles. The Bertz CT molecular complexity index is 756. The van der Waals surface area contributed by atoms with Crippen molar-refractivity contribution in [2.75, 3.05) is 0 Å². The first kappa shape index (κ1) is 25.1. The van der Waals surface area contributed by atoms with Crippen LogP contribution < -0.4 is 0 Å². The molecule has 170 valence electrons. The van der Waals surface area contributed by atoms with Crippen LogP contribution in [0, 0.1) is 3.57 Å². The van der Waals surface area contributed by atoms with E-state index in [1.165, 1.54) is 110 Å². The Labute approximate surface area is 209 Å². The molecule has 0 aliphatic heterocycles. The van der Waals surface area contributed by atoms with E-state index in [1.54, 1.807) is 5.56 Å². The molecule has 0 aromatic heterocycles. The maximum absolute atomic E-state index is 6.56. The Morgan fingerprint density at radius 1 is 0.645 bits per heavy atom. The molecule has 0 bridgehead atoms. The maximum Gasteiger partial charge on any atom is 0.0409 e. The lowest BCUT2D eigenvalue weighted by atomic mass is 9.70. The van der Waals surface area contributed by atoms with Gasteiger partial charge >= 0.3 is 0 Å². The van der Waals surface area contributed by atoms with E-state index in [9.17, 15) is 0 Å². The summed E-state index contributed by atoms with van der Waals surface area (Å²) in [5.41, 5.74) is 6.08. The van der Waals surface area contributed by atoms with Crippen LogP contribution in [-0.4, -0.2) is 0 Å². The predicted molar refractivity (Wildman–Crippen MR) is 146 cm³/mol. The standard InChI is InChI=1S/C29H40ClI/c1-3-5-7-9-11-13-19-29(20-14-12-10-8-6-4-2)27-21-23(30)15-17-25(27)26-18-16-24(31)22-28(26)29/h15-18,21-22H,3-14,19-20H2,1-2H3. The molecule has 3 rings (SSSR count). The zero-order valence-electron chi connectivity index (χ0n) is 19.6. The molecule has 0 N–H and O–H groups in total. The van der Waals surface area contributed by atoms with Gasteiger partial charge in [-0.15, -0.1) is 0 Å². The minimum absolute atomic E-state index is 0.145. The highest BCUT2D eigenvalue weighted by atomic mass is 127. The van der Waals surface area contributed by atoms with Crippen LogP contribution in [-0.2, 0) is 5.41 Å². The first-order valence-electron chi connectivity index (χ1n) is 12.7. The van der Waals surface area contributed by atoms with Gasteiger partial charge in [0.1, 0.15) is 0 Å². The van der Waals surface area contributed by atoms with Crippen molar-refractivity contribution >= 4 is 34.2 Å². The van der Waals surface area contributed by atoms with E-state index in [4.69, 9.17) is 11.6 Å². The summed E-state index contributed by atoms with van der Waals surface area (Å²) in [6, 6.07) is 13.7. The fourth-order valence-corrected chi connectivity index (χ4v) is 6.18. The minimum atomic E-state index is 0.145. The molecule has 0 fully saturated rings. The summed E-state index contributed by atoms with van der Waals surface area (Å²) in [5, 5.41) is 0.886. The van der Waals surface area contributed by atoms with Crippen molar-refractivity contribution in [3.63, 3.8) is 0 Å². The van der Waals surface area contributed by atoms with Gasteiger partial charge in [0.2, 0.25) is 0 Å². The van der Waals surface area contributed by atoms with Gasteiger partial charge in [-0.2, -0.15) is 0 Å². The molecule has 0 heterocycles. The van der Waals surface area contributed by atoms with Gasteiger partial charge in [-0.1, -0.05) is 115 Å². The van der Waals surface area contributed by atoms with Gasteiger partial charge < -0.3 is 0 Å². The molecule has 31 heavy (non-hydrogen) atoms. The third kappa shape index (κ3) is 6.28.